The van der Waals surface area contributed by atoms with E-state index in [1.807, 2.05) is 66.7 Å². The van der Waals surface area contributed by atoms with Crippen molar-refractivity contribution in [3.63, 3.8) is 0 Å². The SMILES string of the molecule is C=C(C)C(=O)OCc1ccc(C=Cc2ccc(C=Cc3ccccc3COC(=O)C(=C)C)c(F)c2)cc1. The number of carbonyl (C=O) groups is 2. The first-order valence-electron chi connectivity index (χ1n) is 11.7. The third kappa shape index (κ3) is 8.29. The van der Waals surface area contributed by atoms with Crippen LogP contribution in [0.4, 0.5) is 4.39 Å². The number of esters is 2. The maximum Gasteiger partial charge on any atom is 0.333 e. The lowest BCUT2D eigenvalue weighted by Gasteiger charge is -2.08. The van der Waals surface area contributed by atoms with Gasteiger partial charge in [0.1, 0.15) is 19.0 Å². The highest BCUT2D eigenvalue weighted by atomic mass is 19.1. The lowest BCUT2D eigenvalue weighted by Crippen LogP contribution is -2.05. The molecule has 37 heavy (non-hydrogen) atoms. The molecular weight excluding hydrogens is 467 g/mol. The summed E-state index contributed by atoms with van der Waals surface area (Å²) in [5, 5.41) is 0. The highest BCUT2D eigenvalue weighted by molar-refractivity contribution is 5.87. The van der Waals surface area contributed by atoms with Gasteiger partial charge in [-0.25, -0.2) is 14.0 Å². The molecule has 0 aliphatic rings. The van der Waals surface area contributed by atoms with Gasteiger partial charge in [-0.2, -0.15) is 0 Å². The molecule has 0 N–H and O–H groups in total. The van der Waals surface area contributed by atoms with Crippen LogP contribution < -0.4 is 0 Å². The van der Waals surface area contributed by atoms with E-state index in [-0.39, 0.29) is 19.0 Å². The fourth-order valence-electron chi connectivity index (χ4n) is 3.25. The molecule has 3 aromatic carbocycles. The molecule has 0 unspecified atom stereocenters. The zero-order valence-electron chi connectivity index (χ0n) is 21.0. The molecular formula is C32H29FO4. The molecule has 0 saturated heterocycles. The number of hydrogen-bond acceptors (Lipinski definition) is 4. The lowest BCUT2D eigenvalue weighted by molar-refractivity contribution is -0.141. The fraction of sp³-hybridized carbons (Fsp3) is 0.125. The molecule has 0 radical (unpaired) electrons. The molecule has 3 rings (SSSR count). The molecule has 0 saturated carbocycles. The molecule has 0 bridgehead atoms. The van der Waals surface area contributed by atoms with Crippen molar-refractivity contribution < 1.29 is 23.5 Å². The van der Waals surface area contributed by atoms with Gasteiger partial charge in [0.15, 0.2) is 0 Å². The number of rotatable bonds is 10. The van der Waals surface area contributed by atoms with E-state index in [1.54, 1.807) is 32.1 Å². The molecule has 5 heteroatoms. The van der Waals surface area contributed by atoms with Crippen LogP contribution in [0.2, 0.25) is 0 Å². The van der Waals surface area contributed by atoms with E-state index in [9.17, 15) is 14.0 Å². The molecule has 0 aliphatic carbocycles. The predicted molar refractivity (Wildman–Crippen MR) is 146 cm³/mol. The Hall–Kier alpha value is -4.51. The van der Waals surface area contributed by atoms with Crippen molar-refractivity contribution in [2.24, 2.45) is 0 Å². The van der Waals surface area contributed by atoms with Gasteiger partial charge in [0, 0.05) is 16.7 Å². The molecule has 0 spiro atoms. The van der Waals surface area contributed by atoms with Gasteiger partial charge in [0.2, 0.25) is 0 Å². The molecule has 0 heterocycles. The molecule has 0 fully saturated rings. The maximum absolute atomic E-state index is 14.8. The number of hydrogen-bond donors (Lipinski definition) is 0. The van der Waals surface area contributed by atoms with Gasteiger partial charge in [-0.3, -0.25) is 0 Å². The Balaban J connectivity index is 1.64. The van der Waals surface area contributed by atoms with Crippen molar-refractivity contribution in [3.8, 4) is 0 Å². The van der Waals surface area contributed by atoms with Crippen LogP contribution in [0.25, 0.3) is 24.3 Å². The Morgan fingerprint density at radius 2 is 1.30 bits per heavy atom. The van der Waals surface area contributed by atoms with Gasteiger partial charge in [-0.05, 0) is 47.7 Å². The van der Waals surface area contributed by atoms with E-state index < -0.39 is 11.9 Å². The van der Waals surface area contributed by atoms with Crippen molar-refractivity contribution in [2.75, 3.05) is 0 Å². The maximum atomic E-state index is 14.8. The van der Waals surface area contributed by atoms with Crippen molar-refractivity contribution in [2.45, 2.75) is 27.1 Å². The lowest BCUT2D eigenvalue weighted by atomic mass is 10.0. The Labute approximate surface area is 217 Å². The molecule has 4 nitrogen and oxygen atoms in total. The fourth-order valence-corrected chi connectivity index (χ4v) is 3.25. The van der Waals surface area contributed by atoms with Crippen molar-refractivity contribution >= 4 is 36.2 Å². The van der Waals surface area contributed by atoms with Crippen LogP contribution in [0.3, 0.4) is 0 Å². The summed E-state index contributed by atoms with van der Waals surface area (Å²) < 4.78 is 25.2. The predicted octanol–water partition coefficient (Wildman–Crippen LogP) is 7.41. The van der Waals surface area contributed by atoms with Crippen LogP contribution in [-0.2, 0) is 32.3 Å². The van der Waals surface area contributed by atoms with Gasteiger partial charge in [-0.15, -0.1) is 0 Å². The van der Waals surface area contributed by atoms with Crippen LogP contribution in [0, 0.1) is 5.82 Å². The van der Waals surface area contributed by atoms with E-state index in [0.717, 1.165) is 27.8 Å². The average Bonchev–Trinajstić information content (AvgIpc) is 2.89. The van der Waals surface area contributed by atoms with Crippen molar-refractivity contribution in [1.29, 1.82) is 0 Å². The van der Waals surface area contributed by atoms with Crippen LogP contribution in [0.1, 0.15) is 47.2 Å². The summed E-state index contributed by atoms with van der Waals surface area (Å²) in [6, 6.07) is 20.0. The second kappa shape index (κ2) is 13.0. The van der Waals surface area contributed by atoms with Crippen LogP contribution >= 0.6 is 0 Å². The minimum atomic E-state index is -0.450. The quantitative estimate of drug-likeness (QED) is 0.167. The van der Waals surface area contributed by atoms with Crippen LogP contribution in [0.15, 0.2) is 91.0 Å². The monoisotopic (exact) mass is 496 g/mol. The topological polar surface area (TPSA) is 52.6 Å². The second-order valence-corrected chi connectivity index (χ2v) is 8.60. The minimum Gasteiger partial charge on any atom is -0.457 e. The largest absolute Gasteiger partial charge is 0.457 e. The summed E-state index contributed by atoms with van der Waals surface area (Å²) >= 11 is 0. The number of ether oxygens (including phenoxy) is 2. The second-order valence-electron chi connectivity index (χ2n) is 8.60. The smallest absolute Gasteiger partial charge is 0.333 e. The molecule has 0 amide bonds. The van der Waals surface area contributed by atoms with E-state index in [1.165, 1.54) is 6.07 Å². The Morgan fingerprint density at radius 3 is 1.95 bits per heavy atom. The highest BCUT2D eigenvalue weighted by Crippen LogP contribution is 2.19. The summed E-state index contributed by atoms with van der Waals surface area (Å²) in [5.74, 6) is -1.22. The third-order valence-corrected chi connectivity index (χ3v) is 5.40. The molecule has 0 aromatic heterocycles. The number of carbonyl (C=O) groups excluding carboxylic acids is 2. The summed E-state index contributed by atoms with van der Waals surface area (Å²) in [7, 11) is 0. The van der Waals surface area contributed by atoms with Crippen molar-refractivity contribution in [1.82, 2.24) is 0 Å². The normalized spacial score (nSPS) is 11.0. The van der Waals surface area contributed by atoms with E-state index in [0.29, 0.717) is 16.7 Å². The number of benzene rings is 3. The Kier molecular flexibility index (Phi) is 9.50. The van der Waals surface area contributed by atoms with E-state index in [2.05, 4.69) is 13.2 Å². The molecule has 3 aromatic rings. The minimum absolute atomic E-state index is 0.110. The van der Waals surface area contributed by atoms with Gasteiger partial charge in [0.25, 0.3) is 0 Å². The van der Waals surface area contributed by atoms with Gasteiger partial charge < -0.3 is 9.47 Å². The average molecular weight is 497 g/mol. The first kappa shape index (κ1) is 27.1. The summed E-state index contributed by atoms with van der Waals surface area (Å²) in [6.45, 7) is 10.6. The zero-order chi connectivity index (χ0) is 26.8. The highest BCUT2D eigenvalue weighted by Gasteiger charge is 2.07. The van der Waals surface area contributed by atoms with Gasteiger partial charge in [0.05, 0.1) is 0 Å². The summed E-state index contributed by atoms with van der Waals surface area (Å²) in [4.78, 5) is 23.2. The molecule has 0 aliphatic heterocycles. The first-order valence-corrected chi connectivity index (χ1v) is 11.7. The first-order chi connectivity index (χ1) is 17.7. The number of halogens is 1. The van der Waals surface area contributed by atoms with E-state index in [4.69, 9.17) is 9.47 Å². The summed E-state index contributed by atoms with van der Waals surface area (Å²) in [5.41, 5.74) is 5.31. The molecule has 0 atom stereocenters. The summed E-state index contributed by atoms with van der Waals surface area (Å²) in [6.07, 6.45) is 7.21. The Bertz CT molecular complexity index is 1360. The molecule has 188 valence electrons. The van der Waals surface area contributed by atoms with Gasteiger partial charge >= 0.3 is 11.9 Å². The van der Waals surface area contributed by atoms with Crippen LogP contribution in [0.5, 0.6) is 0 Å². The Morgan fingerprint density at radius 1 is 0.730 bits per heavy atom. The van der Waals surface area contributed by atoms with E-state index >= 15 is 0 Å². The zero-order valence-corrected chi connectivity index (χ0v) is 21.0. The van der Waals surface area contributed by atoms with Crippen molar-refractivity contribution in [3.05, 3.63) is 130 Å². The standard InChI is InChI=1S/C32H29FO4/c1-22(2)31(34)36-20-26-13-10-24(11-14-26)9-12-25-15-16-28(30(33)19-25)18-17-27-7-5-6-8-29(27)21-37-32(35)23(3)4/h5-19H,1,3,20-21H2,2,4H3. The van der Waals surface area contributed by atoms with Gasteiger partial charge in [-0.1, -0.05) is 98.1 Å². The third-order valence-electron chi connectivity index (χ3n) is 5.40. The van der Waals surface area contributed by atoms with Crippen LogP contribution in [-0.4, -0.2) is 11.9 Å².